The molecule has 21 heavy (non-hydrogen) atoms. The number of ether oxygens (including phenoxy) is 1. The van der Waals surface area contributed by atoms with Crippen LogP contribution in [-0.2, 0) is 11.2 Å². The van der Waals surface area contributed by atoms with E-state index in [4.69, 9.17) is 10.5 Å². The Morgan fingerprint density at radius 1 is 1.19 bits per heavy atom. The van der Waals surface area contributed by atoms with Crippen molar-refractivity contribution in [3.63, 3.8) is 0 Å². The molecule has 0 saturated heterocycles. The highest BCUT2D eigenvalue weighted by atomic mass is 16.5. The van der Waals surface area contributed by atoms with Crippen LogP contribution in [0.15, 0.2) is 18.2 Å². The molecule has 0 radical (unpaired) electrons. The van der Waals surface area contributed by atoms with E-state index < -0.39 is 0 Å². The molecule has 4 heteroatoms. The van der Waals surface area contributed by atoms with Gasteiger partial charge in [-0.2, -0.15) is 0 Å². The molecule has 0 unspecified atom stereocenters. The molecule has 1 aromatic rings. The maximum absolute atomic E-state index is 12.2. The molecule has 0 aliphatic carbocycles. The van der Waals surface area contributed by atoms with Crippen LogP contribution in [-0.4, -0.2) is 30.5 Å². The minimum Gasteiger partial charge on any atom is -0.492 e. The largest absolute Gasteiger partial charge is 0.492 e. The van der Waals surface area contributed by atoms with Gasteiger partial charge in [0.05, 0.1) is 12.3 Å². The minimum absolute atomic E-state index is 0.228. The molecule has 0 heterocycles. The molecule has 1 rings (SSSR count). The maximum atomic E-state index is 12.2. The summed E-state index contributed by atoms with van der Waals surface area (Å²) in [5, 5.41) is 0. The first-order valence-corrected chi connectivity index (χ1v) is 7.91. The van der Waals surface area contributed by atoms with Gasteiger partial charge in [-0.1, -0.05) is 19.9 Å². The molecule has 0 saturated carbocycles. The van der Waals surface area contributed by atoms with Crippen molar-refractivity contribution in [3.05, 3.63) is 23.8 Å². The second-order valence-corrected chi connectivity index (χ2v) is 5.19. The SMILES string of the molecule is CCCN(CCC)C(=O)CCc1ccc(OCC)c(N)c1. The van der Waals surface area contributed by atoms with Crippen LogP contribution in [0.2, 0.25) is 0 Å². The van der Waals surface area contributed by atoms with Gasteiger partial charge in [0.25, 0.3) is 0 Å². The van der Waals surface area contributed by atoms with E-state index in [2.05, 4.69) is 13.8 Å². The summed E-state index contributed by atoms with van der Waals surface area (Å²) in [5.41, 5.74) is 7.67. The maximum Gasteiger partial charge on any atom is 0.222 e. The van der Waals surface area contributed by atoms with Gasteiger partial charge in [-0.25, -0.2) is 0 Å². The highest BCUT2D eigenvalue weighted by Gasteiger charge is 2.12. The fourth-order valence-electron chi connectivity index (χ4n) is 2.35. The van der Waals surface area contributed by atoms with Crippen molar-refractivity contribution in [2.75, 3.05) is 25.4 Å². The van der Waals surface area contributed by atoms with Crippen LogP contribution in [0.25, 0.3) is 0 Å². The molecular weight excluding hydrogens is 264 g/mol. The van der Waals surface area contributed by atoms with Gasteiger partial charge >= 0.3 is 0 Å². The van der Waals surface area contributed by atoms with Gasteiger partial charge in [-0.3, -0.25) is 4.79 Å². The molecule has 0 aliphatic heterocycles. The molecular formula is C17H28N2O2. The normalized spacial score (nSPS) is 10.4. The third-order valence-electron chi connectivity index (χ3n) is 3.34. The first-order chi connectivity index (χ1) is 10.1. The zero-order valence-corrected chi connectivity index (χ0v) is 13.5. The number of hydrogen-bond acceptors (Lipinski definition) is 3. The first kappa shape index (κ1) is 17.3. The van der Waals surface area contributed by atoms with Crippen LogP contribution in [0, 0.1) is 0 Å². The number of carbonyl (C=O) groups is 1. The van der Waals surface area contributed by atoms with Crippen LogP contribution in [0.5, 0.6) is 5.75 Å². The summed E-state index contributed by atoms with van der Waals surface area (Å²) in [6.07, 6.45) is 3.26. The molecule has 0 bridgehead atoms. The van der Waals surface area contributed by atoms with Crippen LogP contribution in [0.3, 0.4) is 0 Å². The Morgan fingerprint density at radius 2 is 1.86 bits per heavy atom. The summed E-state index contributed by atoms with van der Waals surface area (Å²) in [4.78, 5) is 14.2. The Bertz CT molecular complexity index is 440. The zero-order chi connectivity index (χ0) is 15.7. The second-order valence-electron chi connectivity index (χ2n) is 5.19. The van der Waals surface area contributed by atoms with Gasteiger partial charge < -0.3 is 15.4 Å². The molecule has 0 atom stereocenters. The van der Waals surface area contributed by atoms with Crippen LogP contribution >= 0.6 is 0 Å². The fourth-order valence-corrected chi connectivity index (χ4v) is 2.35. The van der Waals surface area contributed by atoms with Crippen molar-refractivity contribution in [2.24, 2.45) is 0 Å². The van der Waals surface area contributed by atoms with Crippen molar-refractivity contribution in [2.45, 2.75) is 46.5 Å². The Kier molecular flexibility index (Phi) is 7.65. The van der Waals surface area contributed by atoms with E-state index in [1.54, 1.807) is 0 Å². The molecule has 4 nitrogen and oxygen atoms in total. The van der Waals surface area contributed by atoms with E-state index >= 15 is 0 Å². The summed E-state index contributed by atoms with van der Waals surface area (Å²) >= 11 is 0. The molecule has 2 N–H and O–H groups in total. The van der Waals surface area contributed by atoms with Gasteiger partial charge in [0, 0.05) is 19.5 Å². The Morgan fingerprint density at radius 3 is 2.38 bits per heavy atom. The Hall–Kier alpha value is -1.71. The van der Waals surface area contributed by atoms with Crippen molar-refractivity contribution in [1.29, 1.82) is 0 Å². The average molecular weight is 292 g/mol. The molecule has 0 aliphatic rings. The molecule has 0 spiro atoms. The number of nitrogens with zero attached hydrogens (tertiary/aromatic N) is 1. The number of anilines is 1. The number of amides is 1. The summed E-state index contributed by atoms with van der Waals surface area (Å²) in [5.74, 6) is 0.942. The lowest BCUT2D eigenvalue weighted by Crippen LogP contribution is -2.32. The summed E-state index contributed by atoms with van der Waals surface area (Å²) in [7, 11) is 0. The molecule has 1 aromatic carbocycles. The number of nitrogen functional groups attached to an aromatic ring is 1. The second kappa shape index (κ2) is 9.27. The molecule has 0 aromatic heterocycles. The highest BCUT2D eigenvalue weighted by molar-refractivity contribution is 5.76. The quantitative estimate of drug-likeness (QED) is 0.711. The van der Waals surface area contributed by atoms with Gasteiger partial charge in [-0.05, 0) is 43.9 Å². The number of rotatable bonds is 9. The summed E-state index contributed by atoms with van der Waals surface area (Å²) in [6.45, 7) is 8.43. The van der Waals surface area contributed by atoms with E-state index in [0.717, 1.165) is 37.9 Å². The fraction of sp³-hybridized carbons (Fsp3) is 0.588. The number of aryl methyl sites for hydroxylation is 1. The van der Waals surface area contributed by atoms with E-state index in [1.165, 1.54) is 0 Å². The minimum atomic E-state index is 0.228. The number of benzene rings is 1. The Balaban J connectivity index is 2.57. The van der Waals surface area contributed by atoms with Crippen LogP contribution in [0.1, 0.15) is 45.6 Å². The average Bonchev–Trinajstić information content (AvgIpc) is 2.47. The topological polar surface area (TPSA) is 55.6 Å². The highest BCUT2D eigenvalue weighted by Crippen LogP contribution is 2.23. The lowest BCUT2D eigenvalue weighted by atomic mass is 10.1. The monoisotopic (exact) mass is 292 g/mol. The van der Waals surface area contributed by atoms with Gasteiger partial charge in [-0.15, -0.1) is 0 Å². The van der Waals surface area contributed by atoms with Gasteiger partial charge in [0.1, 0.15) is 5.75 Å². The predicted octanol–water partition coefficient (Wildman–Crippen LogP) is 3.25. The predicted molar refractivity (Wildman–Crippen MR) is 87.5 cm³/mol. The molecule has 1 amide bonds. The summed E-state index contributed by atoms with van der Waals surface area (Å²) < 4.78 is 5.42. The van der Waals surface area contributed by atoms with E-state index in [9.17, 15) is 4.79 Å². The first-order valence-electron chi connectivity index (χ1n) is 7.91. The van der Waals surface area contributed by atoms with Crippen LogP contribution in [0.4, 0.5) is 5.69 Å². The zero-order valence-electron chi connectivity index (χ0n) is 13.5. The standard InChI is InChI=1S/C17H28N2O2/c1-4-11-19(12-5-2)17(20)10-8-14-7-9-16(21-6-3)15(18)13-14/h7,9,13H,4-6,8,10-12,18H2,1-3H3. The third kappa shape index (κ3) is 5.66. The Labute approximate surface area is 128 Å². The van der Waals surface area contributed by atoms with E-state index in [0.29, 0.717) is 24.5 Å². The number of nitrogens with two attached hydrogens (primary N) is 1. The number of carbonyl (C=O) groups excluding carboxylic acids is 1. The number of hydrogen-bond donors (Lipinski definition) is 1. The van der Waals surface area contributed by atoms with E-state index in [-0.39, 0.29) is 5.91 Å². The van der Waals surface area contributed by atoms with Crippen molar-refractivity contribution in [3.8, 4) is 5.75 Å². The smallest absolute Gasteiger partial charge is 0.222 e. The van der Waals surface area contributed by atoms with Crippen molar-refractivity contribution < 1.29 is 9.53 Å². The third-order valence-corrected chi connectivity index (χ3v) is 3.34. The van der Waals surface area contributed by atoms with Crippen molar-refractivity contribution in [1.82, 2.24) is 4.90 Å². The lowest BCUT2D eigenvalue weighted by molar-refractivity contribution is -0.131. The lowest BCUT2D eigenvalue weighted by Gasteiger charge is -2.21. The van der Waals surface area contributed by atoms with Crippen molar-refractivity contribution >= 4 is 11.6 Å². The molecule has 118 valence electrons. The van der Waals surface area contributed by atoms with Gasteiger partial charge in [0.2, 0.25) is 5.91 Å². The van der Waals surface area contributed by atoms with E-state index in [1.807, 2.05) is 30.0 Å². The van der Waals surface area contributed by atoms with Crippen LogP contribution < -0.4 is 10.5 Å². The molecule has 0 fully saturated rings. The summed E-state index contributed by atoms with van der Waals surface area (Å²) in [6, 6.07) is 5.77. The van der Waals surface area contributed by atoms with Gasteiger partial charge in [0.15, 0.2) is 0 Å².